The van der Waals surface area contributed by atoms with Crippen LogP contribution < -0.4 is 20.1 Å². The number of phenols is 1. The minimum Gasteiger partial charge on any atom is -0.508 e. The van der Waals surface area contributed by atoms with Crippen LogP contribution in [0.15, 0.2) is 53.2 Å². The lowest BCUT2D eigenvalue weighted by atomic mass is 10.1. The van der Waals surface area contributed by atoms with Crippen molar-refractivity contribution >= 4 is 23.6 Å². The van der Waals surface area contributed by atoms with Crippen molar-refractivity contribution in [2.75, 3.05) is 12.1 Å². The van der Waals surface area contributed by atoms with E-state index in [9.17, 15) is 9.90 Å². The van der Waals surface area contributed by atoms with Crippen molar-refractivity contribution in [3.05, 3.63) is 53.7 Å². The number of benzene rings is 2. The highest BCUT2D eigenvalue weighted by atomic mass is 16.7. The quantitative estimate of drug-likeness (QED) is 0.581. The van der Waals surface area contributed by atoms with E-state index in [-0.39, 0.29) is 24.1 Å². The molecule has 120 valence electrons. The normalized spacial score (nSPS) is 16.9. The minimum absolute atomic E-state index is 0.168. The maximum Gasteiger partial charge on any atom is 0.276 e. The Morgan fingerprint density at radius 2 is 1.92 bits per heavy atom. The van der Waals surface area contributed by atoms with Crippen LogP contribution in [-0.4, -0.2) is 23.8 Å². The molecule has 0 unspecified atom stereocenters. The van der Waals surface area contributed by atoms with Crippen molar-refractivity contribution in [3.63, 3.8) is 0 Å². The zero-order chi connectivity index (χ0) is 16.5. The number of phenolic OH excluding ortho intramolecular Hbond substituents is 1. The Hall–Kier alpha value is -3.48. The second-order valence-corrected chi connectivity index (χ2v) is 5.23. The van der Waals surface area contributed by atoms with Crippen LogP contribution in [0.1, 0.15) is 5.56 Å². The fraction of sp³-hybridized carbons (Fsp3) is 0.0588. The molecule has 0 saturated heterocycles. The van der Waals surface area contributed by atoms with E-state index in [2.05, 4.69) is 15.6 Å². The molecule has 1 amide bonds. The number of hydrogen-bond donors (Lipinski definition) is 3. The molecule has 0 radical (unpaired) electrons. The third kappa shape index (κ3) is 2.74. The van der Waals surface area contributed by atoms with Crippen LogP contribution in [0.3, 0.4) is 0 Å². The van der Waals surface area contributed by atoms with Gasteiger partial charge in [-0.1, -0.05) is 6.07 Å². The summed E-state index contributed by atoms with van der Waals surface area (Å²) in [6, 6.07) is 11.9. The molecule has 0 aliphatic carbocycles. The molecule has 0 aromatic heterocycles. The number of nitrogens with one attached hydrogen (secondary N) is 2. The average molecular weight is 323 g/mol. The van der Waals surface area contributed by atoms with Gasteiger partial charge in [0.15, 0.2) is 11.5 Å². The first-order chi connectivity index (χ1) is 11.7. The first-order valence-electron chi connectivity index (χ1n) is 7.25. The van der Waals surface area contributed by atoms with E-state index in [4.69, 9.17) is 9.47 Å². The second-order valence-electron chi connectivity index (χ2n) is 5.23. The summed E-state index contributed by atoms with van der Waals surface area (Å²) in [4.78, 5) is 16.3. The van der Waals surface area contributed by atoms with Gasteiger partial charge in [0, 0.05) is 5.69 Å². The van der Waals surface area contributed by atoms with Gasteiger partial charge < -0.3 is 19.9 Å². The lowest BCUT2D eigenvalue weighted by molar-refractivity contribution is -0.115. The van der Waals surface area contributed by atoms with Gasteiger partial charge in [-0.05, 0) is 48.0 Å². The summed E-state index contributed by atoms with van der Waals surface area (Å²) in [5.74, 6) is 1.54. The summed E-state index contributed by atoms with van der Waals surface area (Å²) >= 11 is 0. The molecule has 24 heavy (non-hydrogen) atoms. The first-order valence-corrected chi connectivity index (χ1v) is 7.25. The van der Waals surface area contributed by atoms with Crippen molar-refractivity contribution in [1.29, 1.82) is 0 Å². The molecular weight excluding hydrogens is 310 g/mol. The fourth-order valence-corrected chi connectivity index (χ4v) is 2.37. The summed E-state index contributed by atoms with van der Waals surface area (Å²) < 4.78 is 10.6. The molecule has 0 spiro atoms. The van der Waals surface area contributed by atoms with Gasteiger partial charge in [-0.15, -0.1) is 0 Å². The van der Waals surface area contributed by atoms with E-state index in [1.54, 1.807) is 42.5 Å². The van der Waals surface area contributed by atoms with Crippen molar-refractivity contribution in [2.24, 2.45) is 4.99 Å². The molecule has 7 nitrogen and oxygen atoms in total. The molecule has 4 rings (SSSR count). The van der Waals surface area contributed by atoms with Gasteiger partial charge in [-0.2, -0.15) is 0 Å². The average Bonchev–Trinajstić information content (AvgIpc) is 3.16. The highest BCUT2D eigenvalue weighted by Gasteiger charge is 2.20. The molecule has 0 atom stereocenters. The monoisotopic (exact) mass is 323 g/mol. The van der Waals surface area contributed by atoms with E-state index in [0.717, 1.165) is 5.56 Å². The lowest BCUT2D eigenvalue weighted by Gasteiger charge is -2.04. The fourth-order valence-electron chi connectivity index (χ4n) is 2.37. The minimum atomic E-state index is -0.297. The molecular formula is C17H13N3O4. The van der Waals surface area contributed by atoms with E-state index >= 15 is 0 Å². The Morgan fingerprint density at radius 3 is 2.75 bits per heavy atom. The molecule has 2 heterocycles. The van der Waals surface area contributed by atoms with Crippen LogP contribution in [0.2, 0.25) is 0 Å². The first kappa shape index (κ1) is 14.1. The zero-order valence-corrected chi connectivity index (χ0v) is 12.4. The van der Waals surface area contributed by atoms with Gasteiger partial charge in [0.2, 0.25) is 12.8 Å². The molecule has 3 N–H and O–H groups in total. The maximum absolute atomic E-state index is 12.0. The van der Waals surface area contributed by atoms with Gasteiger partial charge in [-0.3, -0.25) is 10.1 Å². The van der Waals surface area contributed by atoms with Crippen molar-refractivity contribution in [3.8, 4) is 17.2 Å². The smallest absolute Gasteiger partial charge is 0.276 e. The number of nitrogens with zero attached hydrogens (tertiary/aromatic N) is 1. The summed E-state index contributed by atoms with van der Waals surface area (Å²) in [5.41, 5.74) is 1.78. The topological polar surface area (TPSA) is 92.2 Å². The third-order valence-corrected chi connectivity index (χ3v) is 3.53. The highest BCUT2D eigenvalue weighted by molar-refractivity contribution is 6.17. The summed E-state index contributed by atoms with van der Waals surface area (Å²) in [6.07, 6.45) is 1.67. The van der Waals surface area contributed by atoms with Gasteiger partial charge >= 0.3 is 0 Å². The van der Waals surface area contributed by atoms with Gasteiger partial charge in [0.25, 0.3) is 5.91 Å². The molecule has 2 aliphatic rings. The predicted octanol–water partition coefficient (Wildman–Crippen LogP) is 2.06. The van der Waals surface area contributed by atoms with Crippen LogP contribution in [0, 0.1) is 0 Å². The van der Waals surface area contributed by atoms with E-state index in [1.165, 1.54) is 0 Å². The van der Waals surface area contributed by atoms with Crippen molar-refractivity contribution in [2.45, 2.75) is 0 Å². The molecule has 0 fully saturated rings. The molecule has 7 heteroatoms. The highest BCUT2D eigenvalue weighted by Crippen LogP contribution is 2.33. The summed E-state index contributed by atoms with van der Waals surface area (Å²) in [7, 11) is 0. The number of fused-ring (bicyclic) bond motifs is 1. The molecule has 0 saturated carbocycles. The number of anilines is 1. The number of carbonyl (C=O) groups is 1. The van der Waals surface area contributed by atoms with Crippen LogP contribution >= 0.6 is 0 Å². The van der Waals surface area contributed by atoms with Gasteiger partial charge in [0.05, 0.1) is 0 Å². The number of aromatic hydroxyl groups is 1. The number of amides is 1. The number of guanidine groups is 1. The lowest BCUT2D eigenvalue weighted by Crippen LogP contribution is -2.29. The third-order valence-electron chi connectivity index (χ3n) is 3.53. The largest absolute Gasteiger partial charge is 0.508 e. The Labute approximate surface area is 137 Å². The van der Waals surface area contributed by atoms with Crippen LogP contribution in [0.5, 0.6) is 17.2 Å². The van der Waals surface area contributed by atoms with E-state index < -0.39 is 0 Å². The Morgan fingerprint density at radius 1 is 1.12 bits per heavy atom. The number of rotatable bonds is 2. The molecule has 2 aromatic rings. The molecule has 2 aliphatic heterocycles. The van der Waals surface area contributed by atoms with E-state index in [1.807, 2.05) is 6.07 Å². The molecule has 2 aromatic carbocycles. The van der Waals surface area contributed by atoms with E-state index in [0.29, 0.717) is 23.1 Å². The zero-order valence-electron chi connectivity index (χ0n) is 12.4. The van der Waals surface area contributed by atoms with Crippen LogP contribution in [0.4, 0.5) is 5.69 Å². The van der Waals surface area contributed by atoms with Gasteiger partial charge in [0.1, 0.15) is 11.4 Å². The maximum atomic E-state index is 12.0. The van der Waals surface area contributed by atoms with Crippen molar-refractivity contribution < 1.29 is 19.4 Å². The number of aliphatic imine (C=N–C) groups is 1. The van der Waals surface area contributed by atoms with Crippen molar-refractivity contribution in [1.82, 2.24) is 5.32 Å². The second kappa shape index (κ2) is 5.62. The predicted molar refractivity (Wildman–Crippen MR) is 87.8 cm³/mol. The SMILES string of the molecule is O=C1NC(Nc2ccc(O)cc2)=N/C1=C\c1ccc2c(c1)OCO2. The molecule has 0 bridgehead atoms. The number of ether oxygens (including phenoxy) is 2. The summed E-state index contributed by atoms with van der Waals surface area (Å²) in [5, 5.41) is 14.9. The Balaban J connectivity index is 1.55. The Kier molecular flexibility index (Phi) is 3.31. The summed E-state index contributed by atoms with van der Waals surface area (Å²) in [6.45, 7) is 0.203. The standard InChI is InChI=1S/C17H13N3O4/c21-12-4-2-11(3-5-12)18-17-19-13(16(22)20-17)7-10-1-6-14-15(8-10)24-9-23-14/h1-8,21H,9H2,(H2,18,19,20,22)/b13-7-. The van der Waals surface area contributed by atoms with Crippen LogP contribution in [-0.2, 0) is 4.79 Å². The number of carbonyl (C=O) groups excluding carboxylic acids is 1. The number of hydrogen-bond acceptors (Lipinski definition) is 6. The van der Waals surface area contributed by atoms with Crippen LogP contribution in [0.25, 0.3) is 6.08 Å². The van der Waals surface area contributed by atoms with Gasteiger partial charge in [-0.25, -0.2) is 4.99 Å². The Bertz CT molecular complexity index is 872.